The van der Waals surface area contributed by atoms with Crippen LogP contribution in [0.15, 0.2) is 10.5 Å². The van der Waals surface area contributed by atoms with E-state index in [0.29, 0.717) is 24.0 Å². The molecule has 1 aliphatic carbocycles. The predicted molar refractivity (Wildman–Crippen MR) is 97.0 cm³/mol. The van der Waals surface area contributed by atoms with Crippen molar-refractivity contribution >= 4 is 30.2 Å². The number of fused-ring (bicyclic) bond motifs is 1. The smallest absolute Gasteiger partial charge is 0.252 e. The van der Waals surface area contributed by atoms with Crippen molar-refractivity contribution in [3.05, 3.63) is 33.0 Å². The van der Waals surface area contributed by atoms with Crippen LogP contribution in [0.2, 0.25) is 18.1 Å². The maximum atomic E-state index is 14.6. The summed E-state index contributed by atoms with van der Waals surface area (Å²) < 4.78 is 21.3. The Hall–Kier alpha value is -0.723. The molecular formula is C17H25BrFNO2Si. The molecule has 1 unspecified atom stereocenters. The summed E-state index contributed by atoms with van der Waals surface area (Å²) in [4.78, 5) is 11.9. The quantitative estimate of drug-likeness (QED) is 0.760. The van der Waals surface area contributed by atoms with Crippen LogP contribution in [0.25, 0.3) is 0 Å². The topological polar surface area (TPSA) is 38.3 Å². The highest BCUT2D eigenvalue weighted by Gasteiger charge is 2.41. The Balaban J connectivity index is 2.29. The molecule has 1 amide bonds. The minimum atomic E-state index is -1.90. The summed E-state index contributed by atoms with van der Waals surface area (Å²) in [6.07, 6.45) is 1.23. The van der Waals surface area contributed by atoms with E-state index >= 15 is 0 Å². The lowest BCUT2D eigenvalue weighted by molar-refractivity contribution is 0.0961. The zero-order chi connectivity index (χ0) is 17.6. The van der Waals surface area contributed by atoms with Gasteiger partial charge in [-0.3, -0.25) is 4.79 Å². The van der Waals surface area contributed by atoms with E-state index in [0.717, 1.165) is 5.56 Å². The third-order valence-electron chi connectivity index (χ3n) is 5.02. The van der Waals surface area contributed by atoms with Crippen molar-refractivity contribution in [3.8, 4) is 0 Å². The van der Waals surface area contributed by atoms with E-state index in [4.69, 9.17) is 4.43 Å². The number of benzene rings is 1. The van der Waals surface area contributed by atoms with E-state index < -0.39 is 8.32 Å². The average Bonchev–Trinajstić information content (AvgIpc) is 2.82. The van der Waals surface area contributed by atoms with Crippen molar-refractivity contribution in [2.75, 3.05) is 7.05 Å². The van der Waals surface area contributed by atoms with Gasteiger partial charge in [0.2, 0.25) is 0 Å². The molecule has 0 aliphatic heterocycles. The molecule has 1 atom stereocenters. The second-order valence-electron chi connectivity index (χ2n) is 7.68. The lowest BCUT2D eigenvalue weighted by atomic mass is 10.1. The van der Waals surface area contributed by atoms with Gasteiger partial charge in [0.15, 0.2) is 8.32 Å². The van der Waals surface area contributed by atoms with Crippen LogP contribution in [-0.4, -0.2) is 27.4 Å². The Labute approximate surface area is 147 Å². The van der Waals surface area contributed by atoms with E-state index in [1.807, 2.05) is 0 Å². The zero-order valence-electron chi connectivity index (χ0n) is 14.6. The predicted octanol–water partition coefficient (Wildman–Crippen LogP) is 4.44. The number of carbonyl (C=O) groups excluding carboxylic acids is 1. The molecule has 23 heavy (non-hydrogen) atoms. The van der Waals surface area contributed by atoms with Gasteiger partial charge in [-0.15, -0.1) is 0 Å². The third kappa shape index (κ3) is 3.54. The van der Waals surface area contributed by atoms with Gasteiger partial charge in [0.1, 0.15) is 5.82 Å². The van der Waals surface area contributed by atoms with Crippen molar-refractivity contribution in [2.45, 2.75) is 57.8 Å². The first-order valence-electron chi connectivity index (χ1n) is 7.87. The van der Waals surface area contributed by atoms with Crippen molar-refractivity contribution in [1.29, 1.82) is 0 Å². The van der Waals surface area contributed by atoms with Gasteiger partial charge in [0, 0.05) is 13.5 Å². The van der Waals surface area contributed by atoms with Crippen LogP contribution in [0.4, 0.5) is 4.39 Å². The van der Waals surface area contributed by atoms with Crippen LogP contribution >= 0.6 is 15.9 Å². The molecule has 0 aromatic heterocycles. The summed E-state index contributed by atoms with van der Waals surface area (Å²) in [5, 5.41) is 2.67. The number of carbonyl (C=O) groups is 1. The molecule has 0 bridgehead atoms. The Morgan fingerprint density at radius 3 is 2.52 bits per heavy atom. The summed E-state index contributed by atoms with van der Waals surface area (Å²) in [6.45, 7) is 11.0. The molecule has 1 aromatic carbocycles. The molecule has 3 nitrogen and oxygen atoms in total. The summed E-state index contributed by atoms with van der Waals surface area (Å²) in [5.74, 6) is -0.616. The Bertz CT molecular complexity index is 640. The maximum absolute atomic E-state index is 14.6. The molecule has 0 spiro atoms. The molecule has 0 saturated carbocycles. The van der Waals surface area contributed by atoms with Crippen LogP contribution in [0.3, 0.4) is 0 Å². The number of hydrogen-bond acceptors (Lipinski definition) is 2. The standard InChI is InChI=1S/C17H25BrFNO2Si/c1-17(2,3)23(5,6)22-11-7-10-8-13(16(21)20-4)14(18)15(19)12(10)9-11/h8,11H,7,9H2,1-6H3,(H,20,21). The highest BCUT2D eigenvalue weighted by atomic mass is 79.9. The average molecular weight is 402 g/mol. The second-order valence-corrected chi connectivity index (χ2v) is 13.2. The maximum Gasteiger partial charge on any atom is 0.252 e. The molecule has 0 fully saturated rings. The normalized spacial score (nSPS) is 18.0. The number of halogens is 2. The third-order valence-corrected chi connectivity index (χ3v) is 10.3. The van der Waals surface area contributed by atoms with Gasteiger partial charge in [-0.2, -0.15) is 0 Å². The van der Waals surface area contributed by atoms with E-state index in [9.17, 15) is 9.18 Å². The van der Waals surface area contributed by atoms with Gasteiger partial charge in [0.05, 0.1) is 16.1 Å². The molecule has 0 heterocycles. The molecule has 1 aliphatic rings. The van der Waals surface area contributed by atoms with E-state index in [1.165, 1.54) is 0 Å². The highest BCUT2D eigenvalue weighted by molar-refractivity contribution is 9.10. The van der Waals surface area contributed by atoms with Gasteiger partial charge < -0.3 is 9.74 Å². The van der Waals surface area contributed by atoms with Gasteiger partial charge in [-0.05, 0) is 57.7 Å². The monoisotopic (exact) mass is 401 g/mol. The number of hydrogen-bond donors (Lipinski definition) is 1. The number of amides is 1. The van der Waals surface area contributed by atoms with Crippen molar-refractivity contribution in [3.63, 3.8) is 0 Å². The fourth-order valence-corrected chi connectivity index (χ4v) is 4.53. The Morgan fingerprint density at radius 1 is 1.39 bits per heavy atom. The lowest BCUT2D eigenvalue weighted by Gasteiger charge is -2.38. The van der Waals surface area contributed by atoms with Crippen LogP contribution in [0.5, 0.6) is 0 Å². The summed E-state index contributed by atoms with van der Waals surface area (Å²) in [5.41, 5.74) is 1.90. The number of rotatable bonds is 3. The summed E-state index contributed by atoms with van der Waals surface area (Å²) in [7, 11) is -0.351. The van der Waals surface area contributed by atoms with Gasteiger partial charge in [0.25, 0.3) is 5.91 Å². The molecule has 6 heteroatoms. The molecule has 0 saturated heterocycles. The second kappa shape index (κ2) is 6.30. The van der Waals surface area contributed by atoms with E-state index in [-0.39, 0.29) is 27.3 Å². The molecule has 1 N–H and O–H groups in total. The van der Waals surface area contributed by atoms with Crippen molar-refractivity contribution in [1.82, 2.24) is 5.32 Å². The molecular weight excluding hydrogens is 377 g/mol. The van der Waals surface area contributed by atoms with Crippen LogP contribution in [0.1, 0.15) is 42.3 Å². The molecule has 128 valence electrons. The van der Waals surface area contributed by atoms with Crippen LogP contribution in [-0.2, 0) is 17.3 Å². The van der Waals surface area contributed by atoms with Gasteiger partial charge in [-0.25, -0.2) is 4.39 Å². The van der Waals surface area contributed by atoms with Crippen molar-refractivity contribution < 1.29 is 13.6 Å². The highest BCUT2D eigenvalue weighted by Crippen LogP contribution is 2.40. The summed E-state index contributed by atoms with van der Waals surface area (Å²) in [6, 6.07) is 1.79. The minimum Gasteiger partial charge on any atom is -0.413 e. The fraction of sp³-hybridized carbons (Fsp3) is 0.588. The van der Waals surface area contributed by atoms with Crippen LogP contribution in [0, 0.1) is 5.82 Å². The van der Waals surface area contributed by atoms with E-state index in [2.05, 4.69) is 55.1 Å². The SMILES string of the molecule is CNC(=O)c1cc2c(c(F)c1Br)CC(O[Si](C)(C)C(C)(C)C)C2. The first-order chi connectivity index (χ1) is 10.5. The molecule has 0 radical (unpaired) electrons. The number of nitrogens with one attached hydrogen (secondary N) is 1. The van der Waals surface area contributed by atoms with Gasteiger partial charge in [-0.1, -0.05) is 20.8 Å². The zero-order valence-corrected chi connectivity index (χ0v) is 17.2. The van der Waals surface area contributed by atoms with Crippen LogP contribution < -0.4 is 5.32 Å². The first kappa shape index (κ1) is 18.6. The molecule has 1 aromatic rings. The van der Waals surface area contributed by atoms with Gasteiger partial charge >= 0.3 is 0 Å². The Morgan fingerprint density at radius 2 is 2.00 bits per heavy atom. The first-order valence-corrected chi connectivity index (χ1v) is 11.6. The van der Waals surface area contributed by atoms with Crippen molar-refractivity contribution in [2.24, 2.45) is 0 Å². The largest absolute Gasteiger partial charge is 0.413 e. The minimum absolute atomic E-state index is 0.00719. The fourth-order valence-electron chi connectivity index (χ4n) is 2.64. The van der Waals surface area contributed by atoms with E-state index in [1.54, 1.807) is 13.1 Å². The Kier molecular flexibility index (Phi) is 5.09. The summed E-state index contributed by atoms with van der Waals surface area (Å²) >= 11 is 3.22. The molecule has 2 rings (SSSR count). The lowest BCUT2D eigenvalue weighted by Crippen LogP contribution is -2.44.